The molecular formula is C66H88N14O16. The van der Waals surface area contributed by atoms with Crippen LogP contribution in [-0.4, -0.2) is 176 Å². The van der Waals surface area contributed by atoms with Gasteiger partial charge in [-0.15, -0.1) is 0 Å². The Morgan fingerprint density at radius 3 is 1.85 bits per heavy atom. The van der Waals surface area contributed by atoms with Crippen molar-refractivity contribution in [3.63, 3.8) is 0 Å². The Morgan fingerprint density at radius 1 is 0.667 bits per heavy atom. The van der Waals surface area contributed by atoms with Gasteiger partial charge in [0.2, 0.25) is 53.2 Å². The van der Waals surface area contributed by atoms with Gasteiger partial charge < -0.3 is 94.8 Å². The number of likely N-dealkylation sites (N-methyl/N-ethyl adjacent to an activating group) is 1. The lowest BCUT2D eigenvalue weighted by Gasteiger charge is -2.31. The number of phenols is 1. The average Bonchev–Trinajstić information content (AvgIpc) is 1.65. The first-order valence-electron chi connectivity index (χ1n) is 31.4. The Kier molecular flexibility index (Phi) is 30.5. The number of guanidine groups is 1. The summed E-state index contributed by atoms with van der Waals surface area (Å²) in [6.45, 7) is 5.79. The van der Waals surface area contributed by atoms with Crippen LogP contribution in [0, 0.1) is 5.92 Å². The molecule has 0 saturated carbocycles. The first-order chi connectivity index (χ1) is 45.8. The van der Waals surface area contributed by atoms with Crippen molar-refractivity contribution in [3.8, 4) is 5.75 Å². The number of aromatic nitrogens is 1. The fraction of sp³-hybridized carbons (Fsp3) is 0.424. The lowest BCUT2D eigenvalue weighted by molar-refractivity contribution is -0.142. The summed E-state index contributed by atoms with van der Waals surface area (Å²) in [5.41, 5.74) is 18.9. The molecule has 0 spiro atoms. The number of nitrogens with one attached hydrogen (secondary N) is 9. The normalized spacial score (nSPS) is 15.0. The number of phenolic OH excluding ortho intramolecular Hbond substituents is 1. The van der Waals surface area contributed by atoms with Crippen LogP contribution < -0.4 is 59.7 Å². The van der Waals surface area contributed by atoms with Gasteiger partial charge in [-0.05, 0) is 91.8 Å². The van der Waals surface area contributed by atoms with Crippen molar-refractivity contribution in [3.05, 3.63) is 138 Å². The number of rotatable bonds is 34. The Bertz CT molecular complexity index is 3460. The monoisotopic (exact) mass is 1330 g/mol. The molecule has 4 aromatic carbocycles. The van der Waals surface area contributed by atoms with Crippen molar-refractivity contribution in [1.82, 2.24) is 52.4 Å². The minimum absolute atomic E-state index is 0.0173. The topological polar surface area (TPSA) is 484 Å². The van der Waals surface area contributed by atoms with Crippen LogP contribution in [0.25, 0.3) is 10.9 Å². The molecule has 0 radical (unpaired) electrons. The van der Waals surface area contributed by atoms with E-state index in [1.54, 1.807) is 99.8 Å². The first-order valence-corrected chi connectivity index (χ1v) is 31.4. The lowest BCUT2D eigenvalue weighted by Crippen LogP contribution is -2.62. The van der Waals surface area contributed by atoms with E-state index in [0.717, 1.165) is 6.92 Å². The maximum absolute atomic E-state index is 14.9. The Balaban J connectivity index is 0.00000405. The zero-order chi connectivity index (χ0) is 70.4. The quantitative estimate of drug-likeness (QED) is 0.0148. The van der Waals surface area contributed by atoms with Crippen LogP contribution >= 0.6 is 0 Å². The molecule has 9 atom stereocenters. The van der Waals surface area contributed by atoms with Crippen molar-refractivity contribution in [2.75, 3.05) is 26.2 Å². The molecule has 1 aliphatic heterocycles. The standard InChI is InChI=1S/C64H84N14O14.C2H4O2/c1-4-68-60(88)51-22-14-30-78(51)62(90)46(21-13-29-69-63(66)67)71-56(84)47(31-37(2)3)74-61(89)53(54(82)40-17-9-6-10-18-40)77-58(86)48(32-38-23-25-42(80)26-24-38)72-59(87)50(35-79)75-57(85)49(33-41-34-70-44-20-12-11-19-43(41)44)73-55(83)45(27-28-52(65)81)76-64(91)92-36-39-15-7-5-8-16-39;1-2(3)4/h5-12,15-20,23-26,34,37,45-51,53-54,70,79-80,82H,4,13-14,21-22,27-33,35-36H2,1-3H3,(H2,65,81)(H,68,88)(H,71,84)(H,72,87)(H,73,83)(H,74,89)(H,75,85)(H,76,91)(H,77,86)(H4,66,67,69);1H3,(H,3,4)/t45-,46-,47-,48-,49-,50-,51-,53+,54-;/m0./s1. The summed E-state index contributed by atoms with van der Waals surface area (Å²) in [5.74, 6) is -9.23. The summed E-state index contributed by atoms with van der Waals surface area (Å²) in [5, 5.41) is 61.9. The third-order valence-electron chi connectivity index (χ3n) is 15.2. The van der Waals surface area contributed by atoms with Crippen LogP contribution in [0.15, 0.2) is 120 Å². The fourth-order valence-corrected chi connectivity index (χ4v) is 10.5. The number of nitrogens with two attached hydrogens (primary N) is 3. The second kappa shape index (κ2) is 38.5. The number of aliphatic hydroxyl groups is 2. The second-order valence-electron chi connectivity index (χ2n) is 23.2. The molecule has 2 heterocycles. The van der Waals surface area contributed by atoms with E-state index in [1.165, 1.54) is 41.3 Å². The molecule has 1 saturated heterocycles. The van der Waals surface area contributed by atoms with E-state index in [2.05, 4.69) is 52.5 Å². The summed E-state index contributed by atoms with van der Waals surface area (Å²) < 4.78 is 5.33. The predicted molar refractivity (Wildman–Crippen MR) is 352 cm³/mol. The Morgan fingerprint density at radius 2 is 1.23 bits per heavy atom. The number of primary amides is 1. The van der Waals surface area contributed by atoms with Crippen LogP contribution in [0.1, 0.15) is 101 Å². The number of nitrogens with zero attached hydrogens (tertiary/aromatic N) is 2. The van der Waals surface area contributed by atoms with Gasteiger partial charge in [-0.1, -0.05) is 105 Å². The van der Waals surface area contributed by atoms with Gasteiger partial charge in [-0.25, -0.2) is 4.79 Å². The summed E-state index contributed by atoms with van der Waals surface area (Å²) in [4.78, 5) is 158. The molecule has 1 aliphatic rings. The van der Waals surface area contributed by atoms with E-state index in [9.17, 15) is 63.3 Å². The van der Waals surface area contributed by atoms with Crippen LogP contribution in [-0.2, 0) is 72.1 Å². The average molecular weight is 1330 g/mol. The number of ether oxygens (including phenoxy) is 1. The number of amides is 10. The number of hydrogen-bond acceptors (Lipinski definition) is 16. The summed E-state index contributed by atoms with van der Waals surface area (Å²) in [6.07, 6.45) is -1.38. The maximum atomic E-state index is 14.9. The van der Waals surface area contributed by atoms with Gasteiger partial charge in [-0.3, -0.25) is 52.9 Å². The molecule has 0 aliphatic carbocycles. The van der Waals surface area contributed by atoms with E-state index < -0.39 is 120 Å². The number of aromatic amines is 1. The van der Waals surface area contributed by atoms with Gasteiger partial charge in [-0.2, -0.15) is 0 Å². The van der Waals surface area contributed by atoms with E-state index >= 15 is 0 Å². The molecule has 1 aromatic heterocycles. The highest BCUT2D eigenvalue weighted by atomic mass is 16.5. The van der Waals surface area contributed by atoms with Crippen LogP contribution in [0.4, 0.5) is 4.79 Å². The van der Waals surface area contributed by atoms with Crippen molar-refractivity contribution < 1.29 is 77.9 Å². The third kappa shape index (κ3) is 24.7. The number of hydrogen-bond donors (Lipinski definition) is 16. The van der Waals surface area contributed by atoms with E-state index in [1.807, 2.05) is 0 Å². The van der Waals surface area contributed by atoms with Crippen molar-refractivity contribution in [1.29, 1.82) is 0 Å². The molecule has 5 aromatic rings. The number of carbonyl (C=O) groups is 11. The summed E-state index contributed by atoms with van der Waals surface area (Å²) in [7, 11) is 0. The number of alkyl carbamates (subject to hydrolysis) is 1. The Hall–Kier alpha value is -10.6. The summed E-state index contributed by atoms with van der Waals surface area (Å²) in [6, 6.07) is 17.1. The number of aromatic hydroxyl groups is 1. The van der Waals surface area contributed by atoms with Crippen molar-refractivity contribution >= 4 is 82.1 Å². The number of carboxylic acid groups (broad SMARTS) is 1. The summed E-state index contributed by atoms with van der Waals surface area (Å²) >= 11 is 0. The third-order valence-corrected chi connectivity index (χ3v) is 15.2. The van der Waals surface area contributed by atoms with Crippen molar-refractivity contribution in [2.45, 2.75) is 147 Å². The van der Waals surface area contributed by atoms with Gasteiger partial charge in [0.25, 0.3) is 5.97 Å². The maximum Gasteiger partial charge on any atom is 0.408 e. The predicted octanol–water partition coefficient (Wildman–Crippen LogP) is 0.172. The number of likely N-dealkylation sites (tertiary alicyclic amines) is 1. The molecule has 1 fully saturated rings. The molecule has 96 heavy (non-hydrogen) atoms. The minimum atomic E-state index is -1.92. The van der Waals surface area contributed by atoms with Crippen LogP contribution in [0.3, 0.4) is 0 Å². The Labute approximate surface area is 554 Å². The smallest absolute Gasteiger partial charge is 0.408 e. The fourth-order valence-electron chi connectivity index (χ4n) is 10.5. The molecule has 0 bridgehead atoms. The number of carbonyl (C=O) groups excluding carboxylic acids is 10. The van der Waals surface area contributed by atoms with Crippen LogP contribution in [0.5, 0.6) is 5.75 Å². The zero-order valence-electron chi connectivity index (χ0n) is 54.0. The molecule has 10 amide bonds. The lowest BCUT2D eigenvalue weighted by atomic mass is 9.98. The second-order valence-corrected chi connectivity index (χ2v) is 23.2. The molecule has 30 nitrogen and oxygen atoms in total. The largest absolute Gasteiger partial charge is 0.508 e. The molecule has 30 heteroatoms. The number of fused-ring (bicyclic) bond motifs is 1. The molecule has 518 valence electrons. The van der Waals surface area contributed by atoms with Gasteiger partial charge in [0, 0.05) is 62.9 Å². The van der Waals surface area contributed by atoms with E-state index in [4.69, 9.17) is 31.8 Å². The van der Waals surface area contributed by atoms with Gasteiger partial charge in [0.15, 0.2) is 5.96 Å². The molecule has 19 N–H and O–H groups in total. The minimum Gasteiger partial charge on any atom is -0.508 e. The van der Waals surface area contributed by atoms with E-state index in [-0.39, 0.29) is 93.7 Å². The highest BCUT2D eigenvalue weighted by molar-refractivity contribution is 5.99. The van der Waals surface area contributed by atoms with Crippen molar-refractivity contribution in [2.24, 2.45) is 28.1 Å². The number of para-hydroxylation sites is 1. The number of carboxylic acids is 1. The van der Waals surface area contributed by atoms with Gasteiger partial charge in [0.1, 0.15) is 66.8 Å². The number of H-pyrrole nitrogens is 1. The highest BCUT2D eigenvalue weighted by Gasteiger charge is 2.40. The van der Waals surface area contributed by atoms with Gasteiger partial charge >= 0.3 is 6.09 Å². The highest BCUT2D eigenvalue weighted by Crippen LogP contribution is 2.23. The molecule has 0 unspecified atom stereocenters. The zero-order valence-corrected chi connectivity index (χ0v) is 54.0. The van der Waals surface area contributed by atoms with Crippen LogP contribution in [0.2, 0.25) is 0 Å². The molecular weight excluding hydrogens is 1240 g/mol. The van der Waals surface area contributed by atoms with E-state index in [0.29, 0.717) is 47.0 Å². The number of aliphatic hydroxyl groups excluding tert-OH is 2. The first kappa shape index (κ1) is 76.1. The number of benzene rings is 4. The molecule has 6 rings (SSSR count). The number of aliphatic imine (C=N–C) groups is 1. The SMILES string of the molecule is CC(=O)O.CCNC(=O)[C@@H]1CCCN1C(=O)[C@H](CCCN=C(N)N)NC(=O)[C@H](CC(C)C)NC(=O)[C@H](NC(=O)[C@H](Cc1ccc(O)cc1)NC(=O)[C@H](CO)NC(=O)[C@H](Cc1c[nH]c2ccccc12)NC(=O)[C@H](CCC(N)=O)NC(=O)OCc1ccccc1)[C@@H](O)c1ccccc1. The van der Waals surface area contributed by atoms with Gasteiger partial charge in [0.05, 0.1) is 6.61 Å². The number of aliphatic carboxylic acids is 1.